The largest absolute Gasteiger partial charge is 0.467 e. The Hall–Kier alpha value is -2.89. The SMILES string of the molecule is Cc1ccc(-n2nnc(C(=O)NCc3ccco3)c2C(C)C)cc1. The summed E-state index contributed by atoms with van der Waals surface area (Å²) in [6.07, 6.45) is 1.58. The van der Waals surface area contributed by atoms with Crippen LogP contribution >= 0.6 is 0 Å². The molecule has 0 unspecified atom stereocenters. The molecule has 0 fully saturated rings. The first-order chi connectivity index (χ1) is 11.6. The van der Waals surface area contributed by atoms with Crippen LogP contribution in [0.4, 0.5) is 0 Å². The van der Waals surface area contributed by atoms with Gasteiger partial charge in [-0.3, -0.25) is 4.79 Å². The molecule has 124 valence electrons. The molecular weight excluding hydrogens is 304 g/mol. The molecule has 0 saturated carbocycles. The fourth-order valence-corrected chi connectivity index (χ4v) is 2.51. The maximum atomic E-state index is 12.5. The molecular formula is C18H20N4O2. The maximum absolute atomic E-state index is 12.5. The van der Waals surface area contributed by atoms with Crippen LogP contribution in [-0.2, 0) is 6.54 Å². The van der Waals surface area contributed by atoms with Crippen LogP contribution in [0.1, 0.15) is 47.3 Å². The summed E-state index contributed by atoms with van der Waals surface area (Å²) in [5.41, 5.74) is 3.19. The normalized spacial score (nSPS) is 11.0. The second-order valence-corrected chi connectivity index (χ2v) is 5.99. The Labute approximate surface area is 140 Å². The molecule has 24 heavy (non-hydrogen) atoms. The first-order valence-electron chi connectivity index (χ1n) is 7.89. The van der Waals surface area contributed by atoms with Gasteiger partial charge in [-0.2, -0.15) is 0 Å². The molecule has 1 N–H and O–H groups in total. The Balaban J connectivity index is 1.88. The van der Waals surface area contributed by atoms with Crippen molar-refractivity contribution in [1.29, 1.82) is 0 Å². The summed E-state index contributed by atoms with van der Waals surface area (Å²) in [4.78, 5) is 12.5. The van der Waals surface area contributed by atoms with E-state index < -0.39 is 0 Å². The second kappa shape index (κ2) is 6.70. The van der Waals surface area contributed by atoms with Gasteiger partial charge in [0.25, 0.3) is 5.91 Å². The van der Waals surface area contributed by atoms with Crippen molar-refractivity contribution >= 4 is 5.91 Å². The van der Waals surface area contributed by atoms with Crippen molar-refractivity contribution in [2.75, 3.05) is 0 Å². The van der Waals surface area contributed by atoms with Gasteiger partial charge in [0.1, 0.15) is 5.76 Å². The van der Waals surface area contributed by atoms with E-state index >= 15 is 0 Å². The number of amides is 1. The van der Waals surface area contributed by atoms with Gasteiger partial charge in [-0.25, -0.2) is 4.68 Å². The highest BCUT2D eigenvalue weighted by atomic mass is 16.3. The van der Waals surface area contributed by atoms with Crippen molar-refractivity contribution in [3.8, 4) is 5.69 Å². The van der Waals surface area contributed by atoms with Crippen LogP contribution in [0.3, 0.4) is 0 Å². The molecule has 0 radical (unpaired) electrons. The highest BCUT2D eigenvalue weighted by Crippen LogP contribution is 2.21. The van der Waals surface area contributed by atoms with E-state index in [9.17, 15) is 4.79 Å². The standard InChI is InChI=1S/C18H20N4O2/c1-12(2)17-16(18(23)19-11-15-5-4-10-24-15)20-21-22(17)14-8-6-13(3)7-9-14/h4-10,12H,11H2,1-3H3,(H,19,23). The molecule has 0 aliphatic rings. The Kier molecular flexibility index (Phi) is 4.46. The van der Waals surface area contributed by atoms with Crippen LogP contribution in [0.15, 0.2) is 47.1 Å². The average molecular weight is 324 g/mol. The monoisotopic (exact) mass is 324 g/mol. The average Bonchev–Trinajstić information content (AvgIpc) is 3.22. The number of aromatic nitrogens is 3. The lowest BCUT2D eigenvalue weighted by Crippen LogP contribution is -2.24. The minimum Gasteiger partial charge on any atom is -0.467 e. The first kappa shape index (κ1) is 16.0. The van der Waals surface area contributed by atoms with Gasteiger partial charge in [0.15, 0.2) is 5.69 Å². The van der Waals surface area contributed by atoms with Crippen LogP contribution in [0.2, 0.25) is 0 Å². The molecule has 3 aromatic rings. The fraction of sp³-hybridized carbons (Fsp3) is 0.278. The van der Waals surface area contributed by atoms with Crippen molar-refractivity contribution in [1.82, 2.24) is 20.3 Å². The van der Waals surface area contributed by atoms with Gasteiger partial charge in [-0.15, -0.1) is 5.10 Å². The molecule has 0 atom stereocenters. The third-order valence-corrected chi connectivity index (χ3v) is 3.75. The van der Waals surface area contributed by atoms with Crippen molar-refractivity contribution < 1.29 is 9.21 Å². The highest BCUT2D eigenvalue weighted by Gasteiger charge is 2.22. The number of aryl methyl sites for hydroxylation is 1. The van der Waals surface area contributed by atoms with Gasteiger partial charge >= 0.3 is 0 Å². The molecule has 2 aromatic heterocycles. The Morgan fingerprint density at radius 3 is 2.62 bits per heavy atom. The summed E-state index contributed by atoms with van der Waals surface area (Å²) in [6, 6.07) is 11.6. The number of nitrogens with one attached hydrogen (secondary N) is 1. The van der Waals surface area contributed by atoms with Crippen molar-refractivity contribution in [2.24, 2.45) is 0 Å². The Bertz CT molecular complexity index is 817. The lowest BCUT2D eigenvalue weighted by Gasteiger charge is -2.11. The van der Waals surface area contributed by atoms with Gasteiger partial charge in [0.2, 0.25) is 0 Å². The topological polar surface area (TPSA) is 73.0 Å². The molecule has 0 bridgehead atoms. The van der Waals surface area contributed by atoms with E-state index in [1.807, 2.05) is 51.1 Å². The number of rotatable bonds is 5. The van der Waals surface area contributed by atoms with E-state index in [1.165, 1.54) is 5.56 Å². The van der Waals surface area contributed by atoms with E-state index in [1.54, 1.807) is 17.0 Å². The van der Waals surface area contributed by atoms with E-state index in [0.717, 1.165) is 11.4 Å². The summed E-state index contributed by atoms with van der Waals surface area (Å²) < 4.78 is 6.96. The molecule has 0 saturated heterocycles. The van der Waals surface area contributed by atoms with Gasteiger partial charge in [0, 0.05) is 0 Å². The summed E-state index contributed by atoms with van der Waals surface area (Å²) in [5, 5.41) is 11.1. The third kappa shape index (κ3) is 3.22. The number of benzene rings is 1. The van der Waals surface area contributed by atoms with Gasteiger partial charge in [-0.05, 0) is 37.1 Å². The molecule has 0 aliphatic heterocycles. The number of hydrogen-bond acceptors (Lipinski definition) is 4. The zero-order chi connectivity index (χ0) is 17.1. The number of furan rings is 1. The van der Waals surface area contributed by atoms with Crippen LogP contribution in [0, 0.1) is 6.92 Å². The molecule has 6 heteroatoms. The molecule has 0 spiro atoms. The molecule has 1 amide bonds. The minimum absolute atomic E-state index is 0.102. The minimum atomic E-state index is -0.256. The van der Waals surface area contributed by atoms with Gasteiger partial charge in [0.05, 0.1) is 24.2 Å². The molecule has 0 aliphatic carbocycles. The highest BCUT2D eigenvalue weighted by molar-refractivity contribution is 5.93. The van der Waals surface area contributed by atoms with Crippen LogP contribution < -0.4 is 5.32 Å². The Morgan fingerprint density at radius 1 is 1.25 bits per heavy atom. The van der Waals surface area contributed by atoms with E-state index in [0.29, 0.717) is 18.0 Å². The second-order valence-electron chi connectivity index (χ2n) is 5.99. The van der Waals surface area contributed by atoms with E-state index in [4.69, 9.17) is 4.42 Å². The quantitative estimate of drug-likeness (QED) is 0.782. The number of carbonyl (C=O) groups is 1. The van der Waals surface area contributed by atoms with Gasteiger partial charge in [-0.1, -0.05) is 36.8 Å². The maximum Gasteiger partial charge on any atom is 0.274 e. The van der Waals surface area contributed by atoms with Crippen molar-refractivity contribution in [3.05, 3.63) is 65.4 Å². The zero-order valence-electron chi connectivity index (χ0n) is 14.0. The first-order valence-corrected chi connectivity index (χ1v) is 7.89. The zero-order valence-corrected chi connectivity index (χ0v) is 14.0. The summed E-state index contributed by atoms with van der Waals surface area (Å²) in [6.45, 7) is 6.39. The number of carbonyl (C=O) groups excluding carboxylic acids is 1. The number of hydrogen-bond donors (Lipinski definition) is 1. The molecule has 3 rings (SSSR count). The number of nitrogens with zero attached hydrogens (tertiary/aromatic N) is 3. The van der Waals surface area contributed by atoms with Crippen LogP contribution in [0.25, 0.3) is 5.69 Å². The smallest absolute Gasteiger partial charge is 0.274 e. The lowest BCUT2D eigenvalue weighted by atomic mass is 10.1. The summed E-state index contributed by atoms with van der Waals surface area (Å²) in [5.74, 6) is 0.541. The Morgan fingerprint density at radius 2 is 2.00 bits per heavy atom. The summed E-state index contributed by atoms with van der Waals surface area (Å²) in [7, 11) is 0. The van der Waals surface area contributed by atoms with E-state index in [-0.39, 0.29) is 11.8 Å². The lowest BCUT2D eigenvalue weighted by molar-refractivity contribution is 0.0941. The van der Waals surface area contributed by atoms with Crippen LogP contribution in [0.5, 0.6) is 0 Å². The predicted molar refractivity (Wildman–Crippen MR) is 90.1 cm³/mol. The third-order valence-electron chi connectivity index (χ3n) is 3.75. The van der Waals surface area contributed by atoms with E-state index in [2.05, 4.69) is 15.6 Å². The fourth-order valence-electron chi connectivity index (χ4n) is 2.51. The van der Waals surface area contributed by atoms with Crippen molar-refractivity contribution in [3.63, 3.8) is 0 Å². The predicted octanol–water partition coefficient (Wildman–Crippen LogP) is 3.22. The molecule has 2 heterocycles. The summed E-state index contributed by atoms with van der Waals surface area (Å²) >= 11 is 0. The van der Waals surface area contributed by atoms with Gasteiger partial charge < -0.3 is 9.73 Å². The molecule has 6 nitrogen and oxygen atoms in total. The molecule has 1 aromatic carbocycles. The van der Waals surface area contributed by atoms with Crippen LogP contribution in [-0.4, -0.2) is 20.9 Å². The van der Waals surface area contributed by atoms with Crippen molar-refractivity contribution in [2.45, 2.75) is 33.2 Å².